The molecule has 0 fully saturated rings. The fraction of sp³-hybridized carbons (Fsp3) is 0.154. The van der Waals surface area contributed by atoms with Gasteiger partial charge < -0.3 is 10.6 Å². The van der Waals surface area contributed by atoms with Crippen LogP contribution in [0.3, 0.4) is 0 Å². The molecule has 3 rings (SSSR count). The Labute approximate surface area is 195 Å². The van der Waals surface area contributed by atoms with Crippen LogP contribution >= 0.6 is 15.9 Å². The van der Waals surface area contributed by atoms with Crippen LogP contribution in [-0.4, -0.2) is 11.8 Å². The lowest BCUT2D eigenvalue weighted by Gasteiger charge is -2.19. The molecule has 0 atom stereocenters. The second-order valence-corrected chi connectivity index (χ2v) is 9.27. The highest BCUT2D eigenvalue weighted by atomic mass is 79.9. The van der Waals surface area contributed by atoms with Crippen molar-refractivity contribution in [1.82, 2.24) is 5.32 Å². The van der Waals surface area contributed by atoms with Gasteiger partial charge in [0, 0.05) is 15.7 Å². The third-order valence-electron chi connectivity index (χ3n) is 4.79. The lowest BCUT2D eigenvalue weighted by Crippen LogP contribution is -2.30. The van der Waals surface area contributed by atoms with Gasteiger partial charge in [-0.25, -0.2) is 4.39 Å². The molecule has 0 unspecified atom stereocenters. The first kappa shape index (κ1) is 23.4. The zero-order valence-corrected chi connectivity index (χ0v) is 19.7. The molecule has 3 aromatic carbocycles. The summed E-state index contributed by atoms with van der Waals surface area (Å²) in [5.74, 6) is -1.32. The number of carbonyl (C=O) groups is 2. The molecule has 0 saturated carbocycles. The van der Waals surface area contributed by atoms with Crippen molar-refractivity contribution in [1.29, 1.82) is 0 Å². The fourth-order valence-corrected chi connectivity index (χ4v) is 3.20. The van der Waals surface area contributed by atoms with Gasteiger partial charge in [-0.3, -0.25) is 9.59 Å². The number of amides is 2. The minimum absolute atomic E-state index is 0.0311. The lowest BCUT2D eigenvalue weighted by molar-refractivity contribution is -0.113. The molecule has 0 spiro atoms. The van der Waals surface area contributed by atoms with Crippen molar-refractivity contribution < 1.29 is 14.0 Å². The van der Waals surface area contributed by atoms with Gasteiger partial charge in [-0.1, -0.05) is 61.0 Å². The van der Waals surface area contributed by atoms with Gasteiger partial charge in [0.2, 0.25) is 0 Å². The minimum atomic E-state index is -0.515. The Kier molecular flexibility index (Phi) is 7.26. The molecule has 32 heavy (non-hydrogen) atoms. The van der Waals surface area contributed by atoms with E-state index in [0.29, 0.717) is 11.3 Å². The minimum Gasteiger partial charge on any atom is -0.321 e. The largest absolute Gasteiger partial charge is 0.321 e. The maximum atomic E-state index is 13.2. The Morgan fingerprint density at radius 2 is 1.47 bits per heavy atom. The molecule has 0 aromatic heterocycles. The van der Waals surface area contributed by atoms with Crippen LogP contribution in [0.4, 0.5) is 10.1 Å². The number of hydrogen-bond acceptors (Lipinski definition) is 2. The van der Waals surface area contributed by atoms with E-state index >= 15 is 0 Å². The molecule has 4 nitrogen and oxygen atoms in total. The van der Waals surface area contributed by atoms with Gasteiger partial charge in [0.1, 0.15) is 11.5 Å². The number of anilines is 1. The zero-order valence-electron chi connectivity index (χ0n) is 18.1. The molecule has 3 aromatic rings. The SMILES string of the molecule is CC(C)(C)c1ccc(C(=O)N/C(=C/c2ccc(Br)cc2)C(=O)Nc2ccc(F)cc2)cc1. The van der Waals surface area contributed by atoms with Crippen LogP contribution in [-0.2, 0) is 10.2 Å². The summed E-state index contributed by atoms with van der Waals surface area (Å²) in [6.45, 7) is 6.29. The first-order chi connectivity index (χ1) is 15.1. The van der Waals surface area contributed by atoms with Crippen molar-refractivity contribution in [3.63, 3.8) is 0 Å². The van der Waals surface area contributed by atoms with E-state index in [4.69, 9.17) is 0 Å². The molecular formula is C26H24BrFN2O2. The van der Waals surface area contributed by atoms with Crippen LogP contribution in [0.5, 0.6) is 0 Å². The summed E-state index contributed by atoms with van der Waals surface area (Å²) in [7, 11) is 0. The molecule has 0 heterocycles. The molecule has 0 aliphatic heterocycles. The maximum Gasteiger partial charge on any atom is 0.272 e. The number of benzene rings is 3. The third-order valence-corrected chi connectivity index (χ3v) is 5.32. The first-order valence-electron chi connectivity index (χ1n) is 10.1. The Morgan fingerprint density at radius 3 is 2.03 bits per heavy atom. The normalized spacial score (nSPS) is 11.7. The smallest absolute Gasteiger partial charge is 0.272 e. The number of rotatable bonds is 5. The summed E-state index contributed by atoms with van der Waals surface area (Å²) in [6, 6.07) is 20.0. The number of hydrogen-bond donors (Lipinski definition) is 2. The summed E-state index contributed by atoms with van der Waals surface area (Å²) in [6.07, 6.45) is 1.59. The van der Waals surface area contributed by atoms with Crippen molar-refractivity contribution >= 4 is 39.5 Å². The van der Waals surface area contributed by atoms with Crippen LogP contribution in [0, 0.1) is 5.82 Å². The van der Waals surface area contributed by atoms with Crippen LogP contribution in [0.1, 0.15) is 42.3 Å². The highest BCUT2D eigenvalue weighted by Crippen LogP contribution is 2.22. The van der Waals surface area contributed by atoms with Gasteiger partial charge in [0.25, 0.3) is 11.8 Å². The van der Waals surface area contributed by atoms with E-state index in [2.05, 4.69) is 47.3 Å². The number of carbonyl (C=O) groups excluding carboxylic acids is 2. The summed E-state index contributed by atoms with van der Waals surface area (Å²) in [4.78, 5) is 25.8. The van der Waals surface area contributed by atoms with E-state index in [1.165, 1.54) is 24.3 Å². The van der Waals surface area contributed by atoms with Gasteiger partial charge in [-0.05, 0) is 71.1 Å². The highest BCUT2D eigenvalue weighted by molar-refractivity contribution is 9.10. The molecule has 164 valence electrons. The Bertz CT molecular complexity index is 1130. The molecular weight excluding hydrogens is 471 g/mol. The Hall–Kier alpha value is -3.25. The maximum absolute atomic E-state index is 13.2. The van der Waals surface area contributed by atoms with Crippen molar-refractivity contribution in [3.05, 3.63) is 105 Å². The van der Waals surface area contributed by atoms with E-state index in [-0.39, 0.29) is 11.1 Å². The summed E-state index contributed by atoms with van der Waals surface area (Å²) < 4.78 is 14.1. The highest BCUT2D eigenvalue weighted by Gasteiger charge is 2.17. The molecule has 0 aliphatic carbocycles. The van der Waals surface area contributed by atoms with Gasteiger partial charge in [0.15, 0.2) is 0 Å². The second kappa shape index (κ2) is 9.92. The van der Waals surface area contributed by atoms with Crippen molar-refractivity contribution in [2.45, 2.75) is 26.2 Å². The monoisotopic (exact) mass is 494 g/mol. The predicted molar refractivity (Wildman–Crippen MR) is 130 cm³/mol. The van der Waals surface area contributed by atoms with Gasteiger partial charge in [0.05, 0.1) is 0 Å². The second-order valence-electron chi connectivity index (χ2n) is 8.35. The Balaban J connectivity index is 1.86. The molecule has 2 N–H and O–H groups in total. The van der Waals surface area contributed by atoms with E-state index in [9.17, 15) is 14.0 Å². The van der Waals surface area contributed by atoms with Crippen molar-refractivity contribution in [3.8, 4) is 0 Å². The fourth-order valence-electron chi connectivity index (χ4n) is 2.93. The van der Waals surface area contributed by atoms with Crippen LogP contribution in [0.25, 0.3) is 6.08 Å². The van der Waals surface area contributed by atoms with Crippen LogP contribution in [0.15, 0.2) is 83.0 Å². The third kappa shape index (κ3) is 6.37. The Morgan fingerprint density at radius 1 is 0.875 bits per heavy atom. The lowest BCUT2D eigenvalue weighted by atomic mass is 9.87. The summed E-state index contributed by atoms with van der Waals surface area (Å²) >= 11 is 3.38. The topological polar surface area (TPSA) is 58.2 Å². The molecule has 0 saturated heterocycles. The molecule has 0 aliphatic rings. The average Bonchev–Trinajstić information content (AvgIpc) is 2.75. The van der Waals surface area contributed by atoms with E-state index in [1.54, 1.807) is 18.2 Å². The van der Waals surface area contributed by atoms with E-state index in [1.807, 2.05) is 36.4 Å². The quantitative estimate of drug-likeness (QED) is 0.409. The molecule has 2 amide bonds. The standard InChI is InChI=1S/C26H24BrFN2O2/c1-26(2,3)19-8-6-18(7-9-19)24(31)30-23(16-17-4-10-20(27)11-5-17)25(32)29-22-14-12-21(28)13-15-22/h4-16H,1-3H3,(H,29,32)(H,30,31)/b23-16+. The average molecular weight is 495 g/mol. The van der Waals surface area contributed by atoms with Crippen LogP contribution in [0.2, 0.25) is 0 Å². The molecule has 6 heteroatoms. The summed E-state index contributed by atoms with van der Waals surface area (Å²) in [5.41, 5.74) is 2.74. The van der Waals surface area contributed by atoms with Gasteiger partial charge in [-0.2, -0.15) is 0 Å². The van der Waals surface area contributed by atoms with Crippen molar-refractivity contribution in [2.75, 3.05) is 5.32 Å². The van der Waals surface area contributed by atoms with E-state index < -0.39 is 17.6 Å². The first-order valence-corrected chi connectivity index (χ1v) is 10.9. The summed E-state index contributed by atoms with van der Waals surface area (Å²) in [5, 5.41) is 5.40. The number of nitrogens with one attached hydrogen (secondary N) is 2. The number of halogens is 2. The van der Waals surface area contributed by atoms with Gasteiger partial charge in [-0.15, -0.1) is 0 Å². The zero-order chi connectivity index (χ0) is 23.3. The molecule has 0 bridgehead atoms. The van der Waals surface area contributed by atoms with Crippen molar-refractivity contribution in [2.24, 2.45) is 0 Å². The van der Waals surface area contributed by atoms with Crippen LogP contribution < -0.4 is 10.6 Å². The van der Waals surface area contributed by atoms with Gasteiger partial charge >= 0.3 is 0 Å². The molecule has 0 radical (unpaired) electrons. The van der Waals surface area contributed by atoms with E-state index in [0.717, 1.165) is 15.6 Å². The predicted octanol–water partition coefficient (Wildman–Crippen LogP) is 6.30.